The Morgan fingerprint density at radius 3 is 2.57 bits per heavy atom. The van der Waals surface area contributed by atoms with Crippen molar-refractivity contribution in [3.8, 4) is 5.69 Å². The lowest BCUT2D eigenvalue weighted by molar-refractivity contribution is -0.384. The van der Waals surface area contributed by atoms with Gasteiger partial charge in [-0.1, -0.05) is 30.5 Å². The third kappa shape index (κ3) is 3.21. The van der Waals surface area contributed by atoms with E-state index in [1.54, 1.807) is 13.0 Å². The summed E-state index contributed by atoms with van der Waals surface area (Å²) in [6.07, 6.45) is 3.21. The highest BCUT2D eigenvalue weighted by atomic mass is 16.6. The molecule has 0 unspecified atom stereocenters. The van der Waals surface area contributed by atoms with E-state index in [2.05, 4.69) is 10.3 Å². The van der Waals surface area contributed by atoms with Gasteiger partial charge in [-0.3, -0.25) is 14.9 Å². The zero-order chi connectivity index (χ0) is 20.5. The normalized spacial score (nSPS) is 15.8. The highest BCUT2D eigenvalue weighted by molar-refractivity contribution is 5.97. The third-order valence-corrected chi connectivity index (χ3v) is 5.41. The number of aromatic nitrogens is 3. The standard InChI is InChI=1S/C18H21N5O5/c1-12-15(16(24)21(2)18(17(25)26)9-4-3-5-10-18)19-20-22(12)13-7-6-8-14(11-13)23(27)28/h6-8,11H,3-5,9-10H2,1-2H3,(H,25,26). The number of carbonyl (C=O) groups is 2. The number of nitro benzene ring substituents is 1. The number of nitro groups is 1. The minimum atomic E-state index is -1.25. The summed E-state index contributed by atoms with van der Waals surface area (Å²) in [6.45, 7) is 1.62. The monoisotopic (exact) mass is 387 g/mol. The van der Waals surface area contributed by atoms with Gasteiger partial charge in [-0.2, -0.15) is 0 Å². The molecule has 0 atom stereocenters. The van der Waals surface area contributed by atoms with Crippen molar-refractivity contribution in [2.45, 2.75) is 44.6 Å². The molecule has 1 fully saturated rings. The molecule has 148 valence electrons. The number of carbonyl (C=O) groups excluding carboxylic acids is 1. The van der Waals surface area contributed by atoms with Crippen LogP contribution < -0.4 is 0 Å². The number of amides is 1. The molecule has 10 nitrogen and oxygen atoms in total. The van der Waals surface area contributed by atoms with Gasteiger partial charge in [-0.05, 0) is 25.8 Å². The van der Waals surface area contributed by atoms with Crippen molar-refractivity contribution in [2.24, 2.45) is 0 Å². The summed E-state index contributed by atoms with van der Waals surface area (Å²) in [6, 6.07) is 5.82. The van der Waals surface area contributed by atoms with Gasteiger partial charge in [0.15, 0.2) is 5.69 Å². The lowest BCUT2D eigenvalue weighted by Gasteiger charge is -2.40. The number of hydrogen-bond acceptors (Lipinski definition) is 6. The van der Waals surface area contributed by atoms with Gasteiger partial charge in [0.05, 0.1) is 16.3 Å². The molecule has 1 saturated carbocycles. The first-order valence-corrected chi connectivity index (χ1v) is 8.96. The number of nitrogens with zero attached hydrogens (tertiary/aromatic N) is 5. The summed E-state index contributed by atoms with van der Waals surface area (Å²) in [5.74, 6) is -1.55. The van der Waals surface area contributed by atoms with Crippen LogP contribution in [0.3, 0.4) is 0 Å². The molecule has 0 aliphatic heterocycles. The quantitative estimate of drug-likeness (QED) is 0.615. The van der Waals surface area contributed by atoms with Crippen molar-refractivity contribution >= 4 is 17.6 Å². The van der Waals surface area contributed by atoms with Gasteiger partial charge in [0.25, 0.3) is 11.6 Å². The SMILES string of the molecule is Cc1c(C(=O)N(C)C2(C(=O)O)CCCCC2)nnn1-c1cccc([N+](=O)[O-])c1. The van der Waals surface area contributed by atoms with E-state index < -0.39 is 22.3 Å². The number of likely N-dealkylation sites (N-methyl/N-ethyl adjacent to an activating group) is 1. The minimum absolute atomic E-state index is 0.0280. The van der Waals surface area contributed by atoms with Gasteiger partial charge in [-0.25, -0.2) is 9.48 Å². The summed E-state index contributed by atoms with van der Waals surface area (Å²) in [4.78, 5) is 36.7. The largest absolute Gasteiger partial charge is 0.479 e. The van der Waals surface area contributed by atoms with E-state index in [9.17, 15) is 24.8 Å². The fraction of sp³-hybridized carbons (Fsp3) is 0.444. The van der Waals surface area contributed by atoms with Crippen LogP contribution in [0.4, 0.5) is 5.69 Å². The summed E-state index contributed by atoms with van der Waals surface area (Å²) < 4.78 is 1.34. The zero-order valence-electron chi connectivity index (χ0n) is 15.7. The second-order valence-electron chi connectivity index (χ2n) is 6.97. The first-order valence-electron chi connectivity index (χ1n) is 8.96. The van der Waals surface area contributed by atoms with E-state index >= 15 is 0 Å². The topological polar surface area (TPSA) is 131 Å². The van der Waals surface area contributed by atoms with E-state index in [1.165, 1.54) is 34.8 Å². The average Bonchev–Trinajstić information content (AvgIpc) is 3.08. The lowest BCUT2D eigenvalue weighted by atomic mass is 9.80. The molecular formula is C18H21N5O5. The molecule has 0 saturated heterocycles. The Bertz CT molecular complexity index is 932. The highest BCUT2D eigenvalue weighted by Crippen LogP contribution is 2.34. The lowest BCUT2D eigenvalue weighted by Crippen LogP contribution is -2.56. The van der Waals surface area contributed by atoms with E-state index in [0.29, 0.717) is 24.2 Å². The molecule has 1 aromatic carbocycles. The van der Waals surface area contributed by atoms with Crippen molar-refractivity contribution in [3.63, 3.8) is 0 Å². The molecule has 1 heterocycles. The Labute approximate surface area is 160 Å². The molecule has 28 heavy (non-hydrogen) atoms. The maximum Gasteiger partial charge on any atom is 0.329 e. The summed E-state index contributed by atoms with van der Waals surface area (Å²) >= 11 is 0. The third-order valence-electron chi connectivity index (χ3n) is 5.41. The summed E-state index contributed by atoms with van der Waals surface area (Å²) in [7, 11) is 1.48. The Balaban J connectivity index is 1.95. The molecule has 10 heteroatoms. The molecule has 1 N–H and O–H groups in total. The summed E-state index contributed by atoms with van der Waals surface area (Å²) in [5, 5.41) is 28.7. The molecular weight excluding hydrogens is 366 g/mol. The van der Waals surface area contributed by atoms with Crippen LogP contribution >= 0.6 is 0 Å². The van der Waals surface area contributed by atoms with Crippen LogP contribution in [0.2, 0.25) is 0 Å². The Kier molecular flexibility index (Phi) is 5.12. The van der Waals surface area contributed by atoms with Crippen molar-refractivity contribution < 1.29 is 19.6 Å². The van der Waals surface area contributed by atoms with Gasteiger partial charge >= 0.3 is 5.97 Å². The second kappa shape index (κ2) is 7.37. The molecule has 1 aliphatic rings. The fourth-order valence-electron chi connectivity index (χ4n) is 3.69. The van der Waals surface area contributed by atoms with Gasteiger partial charge in [-0.15, -0.1) is 5.10 Å². The number of hydrogen-bond donors (Lipinski definition) is 1. The summed E-state index contributed by atoms with van der Waals surface area (Å²) in [5.41, 5.74) is -0.554. The zero-order valence-corrected chi connectivity index (χ0v) is 15.7. The van der Waals surface area contributed by atoms with Gasteiger partial charge in [0.2, 0.25) is 0 Å². The number of rotatable bonds is 5. The van der Waals surface area contributed by atoms with Crippen LogP contribution in [-0.4, -0.2) is 54.4 Å². The molecule has 0 spiro atoms. The molecule has 1 aliphatic carbocycles. The first kappa shape index (κ1) is 19.5. The smallest absolute Gasteiger partial charge is 0.329 e. The van der Waals surface area contributed by atoms with E-state index in [0.717, 1.165) is 19.3 Å². The predicted octanol–water partition coefficient (Wildman–Crippen LogP) is 2.34. The molecule has 3 rings (SSSR count). The molecule has 1 aromatic heterocycles. The van der Waals surface area contributed by atoms with Crippen LogP contribution in [0.5, 0.6) is 0 Å². The molecule has 0 bridgehead atoms. The highest BCUT2D eigenvalue weighted by Gasteiger charge is 2.46. The van der Waals surface area contributed by atoms with E-state index in [4.69, 9.17) is 0 Å². The second-order valence-corrected chi connectivity index (χ2v) is 6.97. The number of aliphatic carboxylic acids is 1. The van der Waals surface area contributed by atoms with Gasteiger partial charge in [0, 0.05) is 19.2 Å². The molecule has 0 radical (unpaired) electrons. The number of carboxylic acid groups (broad SMARTS) is 1. The molecule has 1 amide bonds. The Hall–Kier alpha value is -3.30. The van der Waals surface area contributed by atoms with Crippen LogP contribution in [-0.2, 0) is 4.79 Å². The predicted molar refractivity (Wildman–Crippen MR) is 98.3 cm³/mol. The van der Waals surface area contributed by atoms with Gasteiger partial charge in [0.1, 0.15) is 5.54 Å². The maximum absolute atomic E-state index is 13.0. The number of non-ortho nitro benzene ring substituents is 1. The Morgan fingerprint density at radius 2 is 1.96 bits per heavy atom. The Morgan fingerprint density at radius 1 is 1.29 bits per heavy atom. The molecule has 2 aromatic rings. The number of benzene rings is 1. The van der Waals surface area contributed by atoms with Crippen LogP contribution in [0.15, 0.2) is 24.3 Å². The minimum Gasteiger partial charge on any atom is -0.479 e. The van der Waals surface area contributed by atoms with E-state index in [-0.39, 0.29) is 11.4 Å². The first-order chi connectivity index (χ1) is 13.3. The number of carboxylic acids is 1. The van der Waals surface area contributed by atoms with Crippen LogP contribution in [0.1, 0.15) is 48.3 Å². The van der Waals surface area contributed by atoms with Crippen molar-refractivity contribution in [3.05, 3.63) is 45.8 Å². The van der Waals surface area contributed by atoms with E-state index in [1.807, 2.05) is 0 Å². The average molecular weight is 387 g/mol. The van der Waals surface area contributed by atoms with Crippen molar-refractivity contribution in [1.82, 2.24) is 19.9 Å². The van der Waals surface area contributed by atoms with Crippen LogP contribution in [0, 0.1) is 17.0 Å². The maximum atomic E-state index is 13.0. The van der Waals surface area contributed by atoms with Gasteiger partial charge < -0.3 is 10.0 Å². The van der Waals surface area contributed by atoms with Crippen molar-refractivity contribution in [2.75, 3.05) is 7.05 Å². The fourth-order valence-corrected chi connectivity index (χ4v) is 3.69. The van der Waals surface area contributed by atoms with Crippen molar-refractivity contribution in [1.29, 1.82) is 0 Å². The van der Waals surface area contributed by atoms with Crippen LogP contribution in [0.25, 0.3) is 5.69 Å².